The van der Waals surface area contributed by atoms with Gasteiger partial charge >= 0.3 is 5.97 Å². The minimum absolute atomic E-state index is 0.0168. The number of allylic oxidation sites excluding steroid dienone is 1. The zero-order chi connectivity index (χ0) is 28.3. The van der Waals surface area contributed by atoms with Gasteiger partial charge in [-0.1, -0.05) is 13.8 Å². The van der Waals surface area contributed by atoms with Crippen LogP contribution in [-0.4, -0.2) is 73.8 Å². The molecule has 1 saturated heterocycles. The second-order valence-electron chi connectivity index (χ2n) is 12.3. The van der Waals surface area contributed by atoms with Crippen LogP contribution in [0.25, 0.3) is 0 Å². The SMILES string of the molecule is C[C@]12CCC(=O)C(SCCC(=O)ON3C(=O)CCC3=O)=C1CC[C@@H]1[C@@H]2[C@@H](O)C[C@@]2(C)[C@H]1CC[C@]2(O)C(=O)CO. The molecule has 7 atom stereocenters. The lowest BCUT2D eigenvalue weighted by atomic mass is 9.45. The number of carbonyl (C=O) groups is 5. The monoisotopic (exact) mass is 563 g/mol. The maximum Gasteiger partial charge on any atom is 0.334 e. The Hall–Kier alpha value is -2.08. The van der Waals surface area contributed by atoms with E-state index in [1.54, 1.807) is 0 Å². The summed E-state index contributed by atoms with van der Waals surface area (Å²) in [4.78, 5) is 66.9. The van der Waals surface area contributed by atoms with E-state index in [1.165, 1.54) is 11.8 Å². The molecule has 0 radical (unpaired) electrons. The number of nitrogens with zero attached hydrogens (tertiary/aromatic N) is 1. The molecular weight excluding hydrogens is 526 g/mol. The number of imide groups is 1. The predicted molar refractivity (Wildman–Crippen MR) is 138 cm³/mol. The first kappa shape index (κ1) is 28.4. The van der Waals surface area contributed by atoms with Crippen molar-refractivity contribution in [2.75, 3.05) is 12.4 Å². The number of hydroxylamine groups is 2. The third-order valence-electron chi connectivity index (χ3n) is 10.5. The van der Waals surface area contributed by atoms with Gasteiger partial charge in [0.1, 0.15) is 12.2 Å². The number of amides is 2. The molecule has 39 heavy (non-hydrogen) atoms. The van der Waals surface area contributed by atoms with Crippen LogP contribution in [0.2, 0.25) is 0 Å². The number of thioether (sulfide) groups is 1. The van der Waals surface area contributed by atoms with Crippen LogP contribution in [0.15, 0.2) is 10.5 Å². The smallest absolute Gasteiger partial charge is 0.334 e. The number of aliphatic hydroxyl groups excluding tert-OH is 2. The molecule has 2 amide bonds. The van der Waals surface area contributed by atoms with Gasteiger partial charge in [0.2, 0.25) is 0 Å². The highest BCUT2D eigenvalue weighted by Gasteiger charge is 2.68. The van der Waals surface area contributed by atoms with Gasteiger partial charge in [0.05, 0.1) is 17.4 Å². The number of Topliss-reactive ketones (excluding diaryl/α,β-unsaturated/α-hetero) is 2. The standard InChI is InChI=1S/C28H37NO9S/c1-26-10-8-18(31)25(39-12-9-23(36)38-29-21(34)5-6-22(29)35)17(26)4-3-15-16-7-11-28(37,20(33)14-30)27(16,2)13-19(32)24(15)26/h15-16,19,24,30,32,37H,3-14H2,1-2H3/t15-,16-,19-,24+,26-,27-,28-/m0/s1. The second-order valence-corrected chi connectivity index (χ2v) is 13.4. The van der Waals surface area contributed by atoms with Crippen LogP contribution >= 0.6 is 11.8 Å². The molecule has 0 bridgehead atoms. The average molecular weight is 564 g/mol. The Kier molecular flexibility index (Phi) is 7.35. The van der Waals surface area contributed by atoms with E-state index in [0.717, 1.165) is 12.0 Å². The maximum absolute atomic E-state index is 13.1. The fourth-order valence-corrected chi connectivity index (χ4v) is 9.84. The summed E-state index contributed by atoms with van der Waals surface area (Å²) in [7, 11) is 0. The van der Waals surface area contributed by atoms with Gasteiger partial charge in [-0.05, 0) is 67.3 Å². The van der Waals surface area contributed by atoms with Gasteiger partial charge in [-0.25, -0.2) is 4.79 Å². The fraction of sp³-hybridized carbons (Fsp3) is 0.750. The molecule has 0 aromatic carbocycles. The third kappa shape index (κ3) is 4.31. The summed E-state index contributed by atoms with van der Waals surface area (Å²) in [6, 6.07) is 0. The van der Waals surface area contributed by atoms with Crippen LogP contribution in [0.5, 0.6) is 0 Å². The highest BCUT2D eigenvalue weighted by molar-refractivity contribution is 8.04. The number of fused-ring (bicyclic) bond motifs is 5. The summed E-state index contributed by atoms with van der Waals surface area (Å²) in [5, 5.41) is 33.0. The quantitative estimate of drug-likeness (QED) is 0.390. The van der Waals surface area contributed by atoms with Crippen LogP contribution < -0.4 is 0 Å². The molecule has 0 aromatic heterocycles. The van der Waals surface area contributed by atoms with Crippen molar-refractivity contribution in [2.45, 2.75) is 89.8 Å². The number of aliphatic hydroxyl groups is 3. The Morgan fingerprint density at radius 1 is 1.05 bits per heavy atom. The minimum atomic E-state index is -1.65. The van der Waals surface area contributed by atoms with Gasteiger partial charge in [-0.2, -0.15) is 0 Å². The lowest BCUT2D eigenvalue weighted by Crippen LogP contribution is -2.62. The zero-order valence-corrected chi connectivity index (χ0v) is 23.3. The lowest BCUT2D eigenvalue weighted by molar-refractivity contribution is -0.197. The molecule has 5 rings (SSSR count). The highest BCUT2D eigenvalue weighted by atomic mass is 32.2. The van der Waals surface area contributed by atoms with Crippen molar-refractivity contribution in [3.8, 4) is 0 Å². The molecule has 0 aromatic rings. The van der Waals surface area contributed by atoms with Crippen LogP contribution in [0, 0.1) is 28.6 Å². The first-order valence-electron chi connectivity index (χ1n) is 13.9. The normalized spacial score (nSPS) is 39.9. The summed E-state index contributed by atoms with van der Waals surface area (Å²) in [6.45, 7) is 3.25. The topological polar surface area (TPSA) is 159 Å². The van der Waals surface area contributed by atoms with E-state index in [1.807, 2.05) is 6.92 Å². The summed E-state index contributed by atoms with van der Waals surface area (Å²) >= 11 is 1.29. The second kappa shape index (κ2) is 10.1. The summed E-state index contributed by atoms with van der Waals surface area (Å²) in [6.07, 6.45) is 2.66. The van der Waals surface area contributed by atoms with Gasteiger partial charge in [0, 0.05) is 30.4 Å². The largest absolute Gasteiger partial charge is 0.393 e. The van der Waals surface area contributed by atoms with E-state index < -0.39 is 52.7 Å². The fourth-order valence-electron chi connectivity index (χ4n) is 8.60. The molecule has 1 heterocycles. The van der Waals surface area contributed by atoms with Crippen molar-refractivity contribution in [2.24, 2.45) is 28.6 Å². The van der Waals surface area contributed by atoms with Gasteiger partial charge in [0.15, 0.2) is 11.6 Å². The van der Waals surface area contributed by atoms with Crippen molar-refractivity contribution in [1.82, 2.24) is 5.06 Å². The number of hydrogen-bond donors (Lipinski definition) is 3. The molecule has 3 N–H and O–H groups in total. The number of rotatable bonds is 7. The Morgan fingerprint density at radius 2 is 1.74 bits per heavy atom. The Labute approximate surface area is 231 Å². The number of carbonyl (C=O) groups excluding carboxylic acids is 5. The van der Waals surface area contributed by atoms with Gasteiger partial charge in [-0.15, -0.1) is 16.8 Å². The molecule has 4 fully saturated rings. The average Bonchev–Trinajstić information content (AvgIpc) is 3.35. The molecular formula is C28H37NO9S. The van der Waals surface area contributed by atoms with Crippen molar-refractivity contribution in [1.29, 1.82) is 0 Å². The molecule has 10 nitrogen and oxygen atoms in total. The van der Waals surface area contributed by atoms with E-state index in [4.69, 9.17) is 4.84 Å². The van der Waals surface area contributed by atoms with E-state index >= 15 is 0 Å². The van der Waals surface area contributed by atoms with Gasteiger partial charge < -0.3 is 20.2 Å². The zero-order valence-electron chi connectivity index (χ0n) is 22.4. The maximum atomic E-state index is 13.1. The molecule has 214 valence electrons. The number of ketones is 2. The lowest BCUT2D eigenvalue weighted by Gasteiger charge is -2.60. The van der Waals surface area contributed by atoms with E-state index in [-0.39, 0.29) is 61.4 Å². The van der Waals surface area contributed by atoms with Crippen LogP contribution in [0.3, 0.4) is 0 Å². The molecule has 0 spiro atoms. The number of hydrogen-bond acceptors (Lipinski definition) is 10. The van der Waals surface area contributed by atoms with Gasteiger partial charge in [0.25, 0.3) is 11.8 Å². The van der Waals surface area contributed by atoms with Crippen LogP contribution in [0.4, 0.5) is 0 Å². The highest BCUT2D eigenvalue weighted by Crippen LogP contribution is 2.68. The molecule has 0 unspecified atom stereocenters. The van der Waals surface area contributed by atoms with Crippen molar-refractivity contribution < 1.29 is 44.1 Å². The Balaban J connectivity index is 1.33. The molecule has 5 aliphatic rings. The molecule has 4 aliphatic carbocycles. The van der Waals surface area contributed by atoms with Crippen molar-refractivity contribution in [3.63, 3.8) is 0 Å². The van der Waals surface area contributed by atoms with Crippen LogP contribution in [-0.2, 0) is 28.8 Å². The Morgan fingerprint density at radius 3 is 2.41 bits per heavy atom. The van der Waals surface area contributed by atoms with Crippen molar-refractivity contribution >= 4 is 41.1 Å². The third-order valence-corrected chi connectivity index (χ3v) is 11.7. The Bertz CT molecular complexity index is 1140. The molecule has 11 heteroatoms. The van der Waals surface area contributed by atoms with Crippen molar-refractivity contribution in [3.05, 3.63) is 10.5 Å². The first-order valence-corrected chi connectivity index (χ1v) is 14.9. The predicted octanol–water partition coefficient (Wildman–Crippen LogP) is 1.84. The van der Waals surface area contributed by atoms with E-state index in [2.05, 4.69) is 6.92 Å². The summed E-state index contributed by atoms with van der Waals surface area (Å²) in [5.41, 5.74) is -1.91. The summed E-state index contributed by atoms with van der Waals surface area (Å²) < 4.78 is 0. The molecule has 3 saturated carbocycles. The first-order chi connectivity index (χ1) is 18.4. The van der Waals surface area contributed by atoms with E-state index in [9.17, 15) is 39.3 Å². The minimum Gasteiger partial charge on any atom is -0.393 e. The van der Waals surface area contributed by atoms with Crippen LogP contribution in [0.1, 0.15) is 78.1 Å². The van der Waals surface area contributed by atoms with E-state index in [0.29, 0.717) is 35.7 Å². The summed E-state index contributed by atoms with van der Waals surface area (Å²) in [5.74, 6) is -2.14. The van der Waals surface area contributed by atoms with Gasteiger partial charge in [-0.3, -0.25) is 19.2 Å². The molecule has 1 aliphatic heterocycles.